The molecule has 2 amide bonds. The van der Waals surface area contributed by atoms with Gasteiger partial charge in [0.1, 0.15) is 0 Å². The predicted octanol–water partition coefficient (Wildman–Crippen LogP) is 2.69. The molecule has 1 rings (SSSR count). The molecule has 25 heavy (non-hydrogen) atoms. The minimum Gasteiger partial charge on any atom is -0.493 e. The van der Waals surface area contributed by atoms with Gasteiger partial charge >= 0.3 is 0 Å². The molecule has 0 aliphatic carbocycles. The van der Waals surface area contributed by atoms with Crippen molar-refractivity contribution in [2.24, 2.45) is 0 Å². The Bertz CT molecular complexity index is 597. The van der Waals surface area contributed by atoms with E-state index in [9.17, 15) is 9.59 Å². The van der Waals surface area contributed by atoms with E-state index >= 15 is 0 Å². The van der Waals surface area contributed by atoms with Crippen molar-refractivity contribution < 1.29 is 23.8 Å². The quantitative estimate of drug-likeness (QED) is 0.816. The lowest BCUT2D eigenvalue weighted by atomic mass is 10.1. The number of methoxy groups -OCH3 is 3. The number of carbonyl (C=O) groups is 2. The molecule has 0 bridgehead atoms. The number of carbonyl (C=O) groups excluding carboxylic acids is 2. The summed E-state index contributed by atoms with van der Waals surface area (Å²) in [5.41, 5.74) is 0.197. The number of anilines is 1. The van der Waals surface area contributed by atoms with E-state index in [0.29, 0.717) is 29.5 Å². The van der Waals surface area contributed by atoms with Crippen molar-refractivity contribution in [1.29, 1.82) is 0 Å². The first kappa shape index (κ1) is 20.6. The zero-order valence-electron chi connectivity index (χ0n) is 16.1. The second-order valence-electron chi connectivity index (χ2n) is 6.55. The van der Waals surface area contributed by atoms with Gasteiger partial charge in [0.05, 0.1) is 21.3 Å². The first-order valence-electron chi connectivity index (χ1n) is 8.02. The zero-order chi connectivity index (χ0) is 19.2. The summed E-state index contributed by atoms with van der Waals surface area (Å²) < 4.78 is 15.8. The topological polar surface area (TPSA) is 77.1 Å². The van der Waals surface area contributed by atoms with E-state index in [-0.39, 0.29) is 23.8 Å². The standard InChI is InChI=1S/C18H28N2O5/c1-12(21)20(18(2,3)4)9-8-16(22)19-13-10-14(23-5)17(25-7)15(11-13)24-6/h10-11H,8-9H2,1-7H3,(H,19,22). The normalized spacial score (nSPS) is 10.8. The molecule has 0 spiro atoms. The van der Waals surface area contributed by atoms with Gasteiger partial charge in [-0.05, 0) is 20.8 Å². The second kappa shape index (κ2) is 8.60. The van der Waals surface area contributed by atoms with E-state index in [2.05, 4.69) is 5.32 Å². The lowest BCUT2D eigenvalue weighted by Gasteiger charge is -2.34. The zero-order valence-corrected chi connectivity index (χ0v) is 16.1. The Balaban J connectivity index is 2.85. The van der Waals surface area contributed by atoms with Gasteiger partial charge in [-0.1, -0.05) is 0 Å². The van der Waals surface area contributed by atoms with Crippen LogP contribution in [0.3, 0.4) is 0 Å². The lowest BCUT2D eigenvalue weighted by molar-refractivity contribution is -0.134. The minimum absolute atomic E-state index is 0.0620. The molecule has 0 atom stereocenters. The third kappa shape index (κ3) is 5.55. The summed E-state index contributed by atoms with van der Waals surface area (Å²) in [5, 5.41) is 2.80. The smallest absolute Gasteiger partial charge is 0.226 e. The average Bonchev–Trinajstić information content (AvgIpc) is 2.52. The van der Waals surface area contributed by atoms with Crippen LogP contribution in [0.25, 0.3) is 0 Å². The molecule has 1 N–H and O–H groups in total. The maximum absolute atomic E-state index is 12.3. The van der Waals surface area contributed by atoms with Crippen LogP contribution < -0.4 is 19.5 Å². The third-order valence-corrected chi connectivity index (χ3v) is 3.70. The SMILES string of the molecule is COc1cc(NC(=O)CCN(C(C)=O)C(C)(C)C)cc(OC)c1OC. The number of rotatable bonds is 7. The van der Waals surface area contributed by atoms with Crippen LogP contribution in [0.15, 0.2) is 12.1 Å². The maximum Gasteiger partial charge on any atom is 0.226 e. The molecule has 7 nitrogen and oxygen atoms in total. The lowest BCUT2D eigenvalue weighted by Crippen LogP contribution is -2.45. The Morgan fingerprint density at radius 1 is 1.04 bits per heavy atom. The van der Waals surface area contributed by atoms with Gasteiger partial charge in [0.15, 0.2) is 11.5 Å². The molecule has 0 fully saturated rings. The molecule has 0 heterocycles. The number of ether oxygens (including phenoxy) is 3. The molecule has 0 aliphatic rings. The van der Waals surface area contributed by atoms with Crippen molar-refractivity contribution in [3.8, 4) is 17.2 Å². The Morgan fingerprint density at radius 3 is 1.92 bits per heavy atom. The van der Waals surface area contributed by atoms with Gasteiger partial charge < -0.3 is 24.4 Å². The van der Waals surface area contributed by atoms with Crippen LogP contribution in [0.2, 0.25) is 0 Å². The highest BCUT2D eigenvalue weighted by atomic mass is 16.5. The van der Waals surface area contributed by atoms with Crippen LogP contribution in [0.5, 0.6) is 17.2 Å². The summed E-state index contributed by atoms with van der Waals surface area (Å²) in [6, 6.07) is 3.32. The number of hydrogen-bond acceptors (Lipinski definition) is 5. The Kier molecular flexibility index (Phi) is 7.09. The second-order valence-corrected chi connectivity index (χ2v) is 6.55. The van der Waals surface area contributed by atoms with Crippen molar-refractivity contribution in [3.05, 3.63) is 12.1 Å². The number of amides is 2. The predicted molar refractivity (Wildman–Crippen MR) is 96.5 cm³/mol. The van der Waals surface area contributed by atoms with Crippen molar-refractivity contribution in [3.63, 3.8) is 0 Å². The highest BCUT2D eigenvalue weighted by Crippen LogP contribution is 2.39. The number of nitrogens with one attached hydrogen (secondary N) is 1. The van der Waals surface area contributed by atoms with Crippen LogP contribution in [0.1, 0.15) is 34.1 Å². The van der Waals surface area contributed by atoms with E-state index in [4.69, 9.17) is 14.2 Å². The molecule has 0 saturated heterocycles. The van der Waals surface area contributed by atoms with Crippen molar-refractivity contribution in [2.75, 3.05) is 33.2 Å². The van der Waals surface area contributed by atoms with E-state index < -0.39 is 0 Å². The van der Waals surface area contributed by atoms with Gasteiger partial charge in [0, 0.05) is 43.2 Å². The largest absolute Gasteiger partial charge is 0.493 e. The highest BCUT2D eigenvalue weighted by molar-refractivity contribution is 5.92. The van der Waals surface area contributed by atoms with E-state index in [0.717, 1.165) is 0 Å². The fourth-order valence-electron chi connectivity index (χ4n) is 2.56. The highest BCUT2D eigenvalue weighted by Gasteiger charge is 2.24. The summed E-state index contributed by atoms with van der Waals surface area (Å²) in [6.07, 6.45) is 0.188. The van der Waals surface area contributed by atoms with E-state index in [1.165, 1.54) is 28.3 Å². The first-order valence-corrected chi connectivity index (χ1v) is 8.02. The van der Waals surface area contributed by atoms with Crippen molar-refractivity contribution in [2.45, 2.75) is 39.7 Å². The molecule has 0 radical (unpaired) electrons. The number of nitrogens with zero attached hydrogens (tertiary/aromatic N) is 1. The molecule has 0 aromatic heterocycles. The number of benzene rings is 1. The summed E-state index contributed by atoms with van der Waals surface area (Å²) in [5.74, 6) is 1.10. The fourth-order valence-corrected chi connectivity index (χ4v) is 2.56. The first-order chi connectivity index (χ1) is 11.6. The van der Waals surface area contributed by atoms with Crippen molar-refractivity contribution >= 4 is 17.5 Å². The Morgan fingerprint density at radius 2 is 1.56 bits per heavy atom. The van der Waals surface area contributed by atoms with Gasteiger partial charge in [0.25, 0.3) is 0 Å². The van der Waals surface area contributed by atoms with Gasteiger partial charge in [-0.25, -0.2) is 0 Å². The molecule has 1 aromatic rings. The summed E-state index contributed by atoms with van der Waals surface area (Å²) >= 11 is 0. The minimum atomic E-state index is -0.335. The summed E-state index contributed by atoms with van der Waals surface area (Å²) in [6.45, 7) is 7.65. The molecule has 140 valence electrons. The van der Waals surface area contributed by atoms with Crippen LogP contribution >= 0.6 is 0 Å². The number of hydrogen-bond donors (Lipinski definition) is 1. The molecule has 0 saturated carbocycles. The van der Waals surface area contributed by atoms with Gasteiger partial charge in [0.2, 0.25) is 17.6 Å². The Hall–Kier alpha value is -2.44. The monoisotopic (exact) mass is 352 g/mol. The van der Waals surface area contributed by atoms with Crippen LogP contribution in [0, 0.1) is 0 Å². The fraction of sp³-hybridized carbons (Fsp3) is 0.556. The summed E-state index contributed by atoms with van der Waals surface area (Å²) in [7, 11) is 4.54. The molecule has 0 unspecified atom stereocenters. The van der Waals surface area contributed by atoms with Crippen molar-refractivity contribution in [1.82, 2.24) is 4.90 Å². The maximum atomic E-state index is 12.3. The Labute approximate surface area is 149 Å². The van der Waals surface area contributed by atoms with Gasteiger partial charge in [-0.2, -0.15) is 0 Å². The average molecular weight is 352 g/mol. The summed E-state index contributed by atoms with van der Waals surface area (Å²) in [4.78, 5) is 25.7. The van der Waals surface area contributed by atoms with E-state index in [1.54, 1.807) is 17.0 Å². The van der Waals surface area contributed by atoms with Crippen LogP contribution in [-0.2, 0) is 9.59 Å². The molecular formula is C18H28N2O5. The van der Waals surface area contributed by atoms with E-state index in [1.807, 2.05) is 20.8 Å². The third-order valence-electron chi connectivity index (χ3n) is 3.70. The molecule has 1 aromatic carbocycles. The van der Waals surface area contributed by atoms with Gasteiger partial charge in [-0.3, -0.25) is 9.59 Å². The molecule has 7 heteroatoms. The molecular weight excluding hydrogens is 324 g/mol. The molecule has 0 aliphatic heterocycles. The van der Waals surface area contributed by atoms with Crippen LogP contribution in [0.4, 0.5) is 5.69 Å². The van der Waals surface area contributed by atoms with Gasteiger partial charge in [-0.15, -0.1) is 0 Å². The van der Waals surface area contributed by atoms with Crippen LogP contribution in [-0.4, -0.2) is 50.1 Å².